The molecule has 0 radical (unpaired) electrons. The van der Waals surface area contributed by atoms with E-state index in [2.05, 4.69) is 65.2 Å². The summed E-state index contributed by atoms with van der Waals surface area (Å²) in [5.41, 5.74) is 6.34. The average molecular weight is 843 g/mol. The van der Waals surface area contributed by atoms with Crippen molar-refractivity contribution < 1.29 is 11.0 Å². The summed E-state index contributed by atoms with van der Waals surface area (Å²) in [4.78, 5) is 16.1. The Morgan fingerprint density at radius 2 is 0.859 bits per heavy atom. The lowest BCUT2D eigenvalue weighted by Gasteiger charge is -2.19. The van der Waals surface area contributed by atoms with E-state index in [4.69, 9.17) is 20.4 Å². The molecule has 0 unspecified atom stereocenters. The van der Waals surface area contributed by atoms with Crippen molar-refractivity contribution in [2.24, 2.45) is 0 Å². The second-order valence-corrected chi connectivity index (χ2v) is 16.9. The van der Waals surface area contributed by atoms with E-state index in [1.165, 1.54) is 9.27 Å². The summed E-state index contributed by atoms with van der Waals surface area (Å²) in [6.07, 6.45) is 0. The fourth-order valence-corrected chi connectivity index (χ4v) is 10.8. The van der Waals surface area contributed by atoms with Crippen LogP contribution >= 0.6 is 11.3 Å². The molecule has 0 atom stereocenters. The van der Waals surface area contributed by atoms with Crippen molar-refractivity contribution >= 4 is 96.9 Å². The molecule has 0 fully saturated rings. The molecule has 0 N–H and O–H groups in total. The molecule has 298 valence electrons. The van der Waals surface area contributed by atoms with E-state index in [0.29, 0.717) is 5.56 Å². The number of aromatic nitrogens is 6. The van der Waals surface area contributed by atoms with Crippen LogP contribution in [0.15, 0.2) is 206 Å². The first-order valence-corrected chi connectivity index (χ1v) is 21.7. The van der Waals surface area contributed by atoms with Gasteiger partial charge in [-0.1, -0.05) is 145 Å². The number of rotatable bonds is 5. The molecule has 0 aliphatic carbocycles. The quantitative estimate of drug-likeness (QED) is 0.173. The van der Waals surface area contributed by atoms with Gasteiger partial charge in [0.2, 0.25) is 11.9 Å². The molecular weight excluding hydrogens is 801 g/mol. The van der Waals surface area contributed by atoms with Gasteiger partial charge in [-0.15, -0.1) is 11.3 Å². The number of nitrogens with zero attached hydrogens (tertiary/aromatic N) is 6. The highest BCUT2D eigenvalue weighted by molar-refractivity contribution is 7.25. The number of para-hydroxylation sites is 6. The van der Waals surface area contributed by atoms with Gasteiger partial charge >= 0.3 is 0 Å². The fourth-order valence-electron chi connectivity index (χ4n) is 9.70. The Balaban J connectivity index is 1.19. The largest absolute Gasteiger partial charge is 0.308 e. The Bertz CT molecular complexity index is 4520. The zero-order chi connectivity index (χ0) is 48.8. The summed E-state index contributed by atoms with van der Waals surface area (Å²) in [5, 5.41) is 6.06. The fraction of sp³-hybridized carbons (Fsp3) is 0. The number of thiophene rings is 1. The first-order valence-electron chi connectivity index (χ1n) is 24.9. The smallest absolute Gasteiger partial charge is 0.240 e. The number of benzene rings is 9. The van der Waals surface area contributed by atoms with Gasteiger partial charge in [0.15, 0.2) is 5.82 Å². The van der Waals surface area contributed by atoms with E-state index < -0.39 is 48.3 Å². The van der Waals surface area contributed by atoms with E-state index >= 15 is 0 Å². The average Bonchev–Trinajstić information content (AvgIpc) is 4.17. The first kappa shape index (κ1) is 28.3. The van der Waals surface area contributed by atoms with Crippen LogP contribution in [0, 0.1) is 0 Å². The monoisotopic (exact) mass is 842 g/mol. The van der Waals surface area contributed by atoms with Crippen molar-refractivity contribution in [3.8, 4) is 40.1 Å². The Kier molecular flexibility index (Phi) is 5.98. The Labute approximate surface area is 381 Å². The minimum Gasteiger partial charge on any atom is -0.308 e. The zero-order valence-electron chi connectivity index (χ0n) is 41.6. The predicted octanol–water partition coefficient (Wildman–Crippen LogP) is 14.9. The Hall–Kier alpha value is -8.39. The molecule has 64 heavy (non-hydrogen) atoms. The Morgan fingerprint density at radius 3 is 1.45 bits per heavy atom. The molecule has 9 aromatic carbocycles. The van der Waals surface area contributed by atoms with Crippen molar-refractivity contribution in [3.63, 3.8) is 0 Å². The van der Waals surface area contributed by atoms with Crippen molar-refractivity contribution in [3.05, 3.63) is 206 Å². The van der Waals surface area contributed by atoms with Crippen LogP contribution in [0.2, 0.25) is 0 Å². The number of fused-ring (bicyclic) bond motifs is 12. The highest BCUT2D eigenvalue weighted by Gasteiger charge is 2.25. The molecule has 14 rings (SSSR count). The highest BCUT2D eigenvalue weighted by atomic mass is 32.1. The van der Waals surface area contributed by atoms with Gasteiger partial charge in [-0.3, -0.25) is 9.13 Å². The van der Waals surface area contributed by atoms with Crippen LogP contribution in [0.5, 0.6) is 0 Å². The molecule has 7 heteroatoms. The summed E-state index contributed by atoms with van der Waals surface area (Å²) >= 11 is 1.73. The van der Waals surface area contributed by atoms with Gasteiger partial charge in [0.25, 0.3) is 0 Å². The van der Waals surface area contributed by atoms with Gasteiger partial charge in [-0.2, -0.15) is 15.0 Å². The second kappa shape index (κ2) is 13.6. The summed E-state index contributed by atoms with van der Waals surface area (Å²) in [7, 11) is 0. The topological polar surface area (TPSA) is 53.5 Å². The molecule has 0 amide bonds. The van der Waals surface area contributed by atoms with Crippen molar-refractivity contribution in [1.82, 2.24) is 28.7 Å². The van der Waals surface area contributed by atoms with Crippen molar-refractivity contribution in [1.29, 1.82) is 0 Å². The lowest BCUT2D eigenvalue weighted by molar-refractivity contribution is 0.892. The minimum absolute atomic E-state index is 0.0777. The summed E-state index contributed by atoms with van der Waals surface area (Å²) in [6.45, 7) is 0. The van der Waals surface area contributed by atoms with Crippen LogP contribution in [-0.4, -0.2) is 28.7 Å². The van der Waals surface area contributed by atoms with Crippen molar-refractivity contribution in [2.45, 2.75) is 0 Å². The normalized spacial score (nSPS) is 13.8. The molecule has 0 aliphatic heterocycles. The maximum absolute atomic E-state index is 9.45. The molecule has 0 saturated heterocycles. The van der Waals surface area contributed by atoms with E-state index in [0.717, 1.165) is 75.9 Å². The van der Waals surface area contributed by atoms with Gasteiger partial charge in [0, 0.05) is 52.5 Å². The molecule has 0 saturated carbocycles. The molecule has 5 aromatic heterocycles. The molecular formula is C57H34N6S. The van der Waals surface area contributed by atoms with Gasteiger partial charge in [-0.05, 0) is 71.7 Å². The van der Waals surface area contributed by atoms with Gasteiger partial charge < -0.3 is 4.57 Å². The Morgan fingerprint density at radius 1 is 0.375 bits per heavy atom. The van der Waals surface area contributed by atoms with Crippen LogP contribution in [0.4, 0.5) is 0 Å². The van der Waals surface area contributed by atoms with Gasteiger partial charge in [0.1, 0.15) is 0 Å². The SMILES string of the molecule is [2H]c1c([2H])c([2H])c2c(c1[2H])c1c([2H])c([2H])c([2H])c([2H])c1n2-c1nc(-c2c(-c3ccc4sc5ccccc5c4c3)cccc2-n2c3ccccc3c3ccccc32)nc(-n2c3ccccc3c3ccccc32)n1. The van der Waals surface area contributed by atoms with Crippen LogP contribution < -0.4 is 0 Å². The highest BCUT2D eigenvalue weighted by Crippen LogP contribution is 2.44. The third-order valence-corrected chi connectivity index (χ3v) is 13.6. The summed E-state index contributed by atoms with van der Waals surface area (Å²) in [6, 6.07) is 49.4. The first-order chi connectivity index (χ1) is 35.1. The van der Waals surface area contributed by atoms with Crippen LogP contribution in [0.1, 0.15) is 11.0 Å². The lowest BCUT2D eigenvalue weighted by Crippen LogP contribution is -2.11. The minimum atomic E-state index is -0.543. The summed E-state index contributed by atoms with van der Waals surface area (Å²) in [5.74, 6) is 0.261. The molecule has 5 heterocycles. The van der Waals surface area contributed by atoms with Crippen LogP contribution in [0.25, 0.3) is 126 Å². The maximum Gasteiger partial charge on any atom is 0.240 e. The molecule has 0 spiro atoms. The number of hydrogen-bond donors (Lipinski definition) is 0. The third kappa shape index (κ3) is 5.04. The van der Waals surface area contributed by atoms with E-state index in [9.17, 15) is 5.48 Å². The zero-order valence-corrected chi connectivity index (χ0v) is 34.4. The standard InChI is InChI=1S/C57H34N6S/c1-8-24-45-37(16-1)38-17-2-9-25-46(38)61(45)51-30-15-23-36(35-32-33-53-44(34-35)43-22-7-14-31-52(43)64-53)54(51)55-58-56(62-47-26-10-3-18-39(47)40-19-4-11-27-48(40)62)60-57(59-55)63-49-28-12-5-20-41(49)42-21-6-13-29-50(42)63/h1-34H/i3D,4D,10D,11D,18D,19D,26D,27D. The predicted molar refractivity (Wildman–Crippen MR) is 267 cm³/mol. The van der Waals surface area contributed by atoms with Gasteiger partial charge in [0.05, 0.1) is 55.3 Å². The molecule has 0 bridgehead atoms. The maximum atomic E-state index is 9.45. The molecule has 14 aromatic rings. The van der Waals surface area contributed by atoms with E-state index in [1.807, 2.05) is 102 Å². The summed E-state index contributed by atoms with van der Waals surface area (Å²) < 4.78 is 80.6. The lowest BCUT2D eigenvalue weighted by atomic mass is 9.96. The van der Waals surface area contributed by atoms with Crippen LogP contribution in [-0.2, 0) is 0 Å². The molecule has 6 nitrogen and oxygen atoms in total. The molecule has 0 aliphatic rings. The second-order valence-electron chi connectivity index (χ2n) is 15.8. The van der Waals surface area contributed by atoms with E-state index in [1.54, 1.807) is 11.3 Å². The van der Waals surface area contributed by atoms with Gasteiger partial charge in [-0.25, -0.2) is 0 Å². The van der Waals surface area contributed by atoms with Crippen molar-refractivity contribution in [2.75, 3.05) is 0 Å². The third-order valence-electron chi connectivity index (χ3n) is 12.4. The van der Waals surface area contributed by atoms with E-state index in [-0.39, 0.29) is 39.5 Å². The number of hydrogen-bond acceptors (Lipinski definition) is 4. The van der Waals surface area contributed by atoms with Crippen LogP contribution in [0.3, 0.4) is 0 Å².